The normalized spacial score (nSPS) is 12.5. The van der Waals surface area contributed by atoms with Crippen LogP contribution in [0.1, 0.15) is 54.4 Å². The largest absolute Gasteiger partial charge is 0.460 e. The zero-order chi connectivity index (χ0) is 18.9. The standard InChI is InChI=1S/C16H26O7S/c1-10(2)14(19)21-9-22-15(20)24-11(3)12(17)7-8-13(18)23-16(4,5)6/h10-11H,7-9H2,1-6H3. The van der Waals surface area contributed by atoms with Crippen LogP contribution in [0.25, 0.3) is 0 Å². The van der Waals surface area contributed by atoms with E-state index in [1.54, 1.807) is 41.5 Å². The Balaban J connectivity index is 4.06. The lowest BCUT2D eigenvalue weighted by molar-refractivity contribution is -0.156. The van der Waals surface area contributed by atoms with E-state index in [-0.39, 0.29) is 24.5 Å². The first-order chi connectivity index (χ1) is 10.9. The first kappa shape index (κ1) is 22.4. The van der Waals surface area contributed by atoms with E-state index in [0.717, 1.165) is 0 Å². The Morgan fingerprint density at radius 1 is 0.958 bits per heavy atom. The zero-order valence-electron chi connectivity index (χ0n) is 15.0. The number of Topliss-reactive ketones (excluding diaryl/α,β-unsaturated/α-hetero) is 1. The topological polar surface area (TPSA) is 96.0 Å². The van der Waals surface area contributed by atoms with Gasteiger partial charge < -0.3 is 14.2 Å². The number of ether oxygens (including phenoxy) is 3. The van der Waals surface area contributed by atoms with Crippen molar-refractivity contribution in [2.45, 2.75) is 65.2 Å². The van der Waals surface area contributed by atoms with Gasteiger partial charge in [-0.05, 0) is 39.5 Å². The summed E-state index contributed by atoms with van der Waals surface area (Å²) in [6, 6.07) is 0. The summed E-state index contributed by atoms with van der Waals surface area (Å²) in [6.45, 7) is 9.60. The van der Waals surface area contributed by atoms with Crippen molar-refractivity contribution < 1.29 is 33.4 Å². The molecule has 0 spiro atoms. The summed E-state index contributed by atoms with van der Waals surface area (Å²) < 4.78 is 14.5. The molecule has 8 heteroatoms. The van der Waals surface area contributed by atoms with E-state index in [9.17, 15) is 19.2 Å². The molecule has 7 nitrogen and oxygen atoms in total. The molecule has 0 aliphatic heterocycles. The zero-order valence-corrected chi connectivity index (χ0v) is 15.9. The molecule has 0 radical (unpaired) electrons. The van der Waals surface area contributed by atoms with Gasteiger partial charge in [0.05, 0.1) is 17.6 Å². The summed E-state index contributed by atoms with van der Waals surface area (Å²) in [7, 11) is 0. The minimum Gasteiger partial charge on any atom is -0.460 e. The maximum Gasteiger partial charge on any atom is 0.370 e. The minimum absolute atomic E-state index is 0.0152. The second-order valence-electron chi connectivity index (χ2n) is 6.44. The molecule has 0 aromatic rings. The summed E-state index contributed by atoms with van der Waals surface area (Å²) in [5.74, 6) is -1.52. The number of esters is 2. The molecular weight excluding hydrogens is 336 g/mol. The van der Waals surface area contributed by atoms with Crippen molar-refractivity contribution in [2.75, 3.05) is 6.79 Å². The third-order valence-electron chi connectivity index (χ3n) is 2.57. The van der Waals surface area contributed by atoms with Crippen molar-refractivity contribution >= 4 is 34.8 Å². The highest BCUT2D eigenvalue weighted by Crippen LogP contribution is 2.17. The second-order valence-corrected chi connectivity index (χ2v) is 7.72. The molecule has 0 aliphatic rings. The van der Waals surface area contributed by atoms with Crippen molar-refractivity contribution in [1.82, 2.24) is 0 Å². The molecule has 0 amide bonds. The Kier molecular flexibility index (Phi) is 9.65. The number of carbonyl (C=O) groups excluding carboxylic acids is 4. The first-order valence-electron chi connectivity index (χ1n) is 7.67. The van der Waals surface area contributed by atoms with E-state index in [1.165, 1.54) is 0 Å². The average Bonchev–Trinajstić information content (AvgIpc) is 2.42. The third-order valence-corrected chi connectivity index (χ3v) is 3.50. The van der Waals surface area contributed by atoms with Crippen LogP contribution in [0, 0.1) is 5.92 Å². The summed E-state index contributed by atoms with van der Waals surface area (Å²) in [5.41, 5.74) is -0.599. The molecule has 1 unspecified atom stereocenters. The number of rotatable bonds is 8. The Morgan fingerprint density at radius 3 is 2.04 bits per heavy atom. The van der Waals surface area contributed by atoms with Crippen LogP contribution in [0.5, 0.6) is 0 Å². The molecule has 0 aromatic carbocycles. The lowest BCUT2D eigenvalue weighted by Crippen LogP contribution is -2.25. The third kappa shape index (κ3) is 11.0. The van der Waals surface area contributed by atoms with Gasteiger partial charge in [0.1, 0.15) is 11.4 Å². The Hall–Kier alpha value is -1.57. The second kappa shape index (κ2) is 10.3. The van der Waals surface area contributed by atoms with Gasteiger partial charge in [0, 0.05) is 6.42 Å². The summed E-state index contributed by atoms with van der Waals surface area (Å²) in [4.78, 5) is 46.2. The quantitative estimate of drug-likeness (QED) is 0.480. The van der Waals surface area contributed by atoms with Crippen molar-refractivity contribution in [3.8, 4) is 0 Å². The van der Waals surface area contributed by atoms with Crippen LogP contribution in [0.2, 0.25) is 0 Å². The fourth-order valence-electron chi connectivity index (χ4n) is 1.37. The molecule has 0 fully saturated rings. The van der Waals surface area contributed by atoms with Gasteiger partial charge in [-0.25, -0.2) is 4.79 Å². The molecular formula is C16H26O7S. The van der Waals surface area contributed by atoms with Gasteiger partial charge in [-0.2, -0.15) is 0 Å². The maximum absolute atomic E-state index is 11.9. The van der Waals surface area contributed by atoms with Gasteiger partial charge in [-0.15, -0.1) is 0 Å². The molecule has 1 atom stereocenters. The molecule has 0 saturated heterocycles. The Labute approximate surface area is 146 Å². The van der Waals surface area contributed by atoms with Crippen LogP contribution >= 0.6 is 11.8 Å². The van der Waals surface area contributed by atoms with Crippen LogP contribution in [0.4, 0.5) is 4.79 Å². The van der Waals surface area contributed by atoms with Gasteiger partial charge in [0.2, 0.25) is 6.79 Å². The molecule has 0 aromatic heterocycles. The molecule has 0 heterocycles. The highest BCUT2D eigenvalue weighted by atomic mass is 32.2. The van der Waals surface area contributed by atoms with Crippen molar-refractivity contribution in [1.29, 1.82) is 0 Å². The van der Waals surface area contributed by atoms with Crippen LogP contribution < -0.4 is 0 Å². The minimum atomic E-state index is -0.718. The monoisotopic (exact) mass is 362 g/mol. The molecule has 0 N–H and O–H groups in total. The number of carbonyl (C=O) groups is 4. The maximum atomic E-state index is 11.9. The molecule has 0 saturated carbocycles. The first-order valence-corrected chi connectivity index (χ1v) is 8.55. The van der Waals surface area contributed by atoms with E-state index in [4.69, 9.17) is 14.2 Å². The van der Waals surface area contributed by atoms with E-state index in [1.807, 2.05) is 0 Å². The van der Waals surface area contributed by atoms with Crippen LogP contribution in [0.3, 0.4) is 0 Å². The van der Waals surface area contributed by atoms with E-state index in [0.29, 0.717) is 11.8 Å². The molecule has 0 aliphatic carbocycles. The molecule has 0 bridgehead atoms. The Morgan fingerprint density at radius 2 is 1.54 bits per heavy atom. The predicted molar refractivity (Wildman–Crippen MR) is 89.4 cm³/mol. The van der Waals surface area contributed by atoms with E-state index in [2.05, 4.69) is 0 Å². The number of ketones is 1. The lowest BCUT2D eigenvalue weighted by Gasteiger charge is -2.19. The van der Waals surface area contributed by atoms with Crippen LogP contribution in [-0.2, 0) is 28.6 Å². The fourth-order valence-corrected chi connectivity index (χ4v) is 2.02. The highest BCUT2D eigenvalue weighted by molar-refractivity contribution is 8.14. The van der Waals surface area contributed by atoms with E-state index >= 15 is 0 Å². The van der Waals surface area contributed by atoms with Crippen LogP contribution in [-0.4, -0.2) is 40.7 Å². The number of hydrogen-bond acceptors (Lipinski definition) is 8. The average molecular weight is 362 g/mol. The van der Waals surface area contributed by atoms with Crippen molar-refractivity contribution in [3.05, 3.63) is 0 Å². The number of thioether (sulfide) groups is 1. The molecule has 138 valence electrons. The number of hydrogen-bond donors (Lipinski definition) is 0. The highest BCUT2D eigenvalue weighted by Gasteiger charge is 2.22. The van der Waals surface area contributed by atoms with Crippen molar-refractivity contribution in [3.63, 3.8) is 0 Å². The fraction of sp³-hybridized carbons (Fsp3) is 0.750. The van der Waals surface area contributed by atoms with E-state index < -0.39 is 34.9 Å². The van der Waals surface area contributed by atoms with Gasteiger partial charge in [-0.3, -0.25) is 14.4 Å². The summed E-state index contributed by atoms with van der Waals surface area (Å²) >= 11 is 0.678. The SMILES string of the molecule is CC(C)C(=O)OCOC(=O)SC(C)C(=O)CCC(=O)OC(C)(C)C. The molecule has 0 rings (SSSR count). The van der Waals surface area contributed by atoms with Gasteiger partial charge in [-0.1, -0.05) is 13.8 Å². The van der Waals surface area contributed by atoms with Crippen LogP contribution in [0.15, 0.2) is 0 Å². The van der Waals surface area contributed by atoms with Gasteiger partial charge >= 0.3 is 17.2 Å². The van der Waals surface area contributed by atoms with Crippen molar-refractivity contribution in [2.24, 2.45) is 5.92 Å². The van der Waals surface area contributed by atoms with Gasteiger partial charge in [0.25, 0.3) is 0 Å². The van der Waals surface area contributed by atoms with Gasteiger partial charge in [0.15, 0.2) is 0 Å². The molecule has 24 heavy (non-hydrogen) atoms. The predicted octanol–water partition coefficient (Wildman–Crippen LogP) is 3.09. The lowest BCUT2D eigenvalue weighted by atomic mass is 10.1. The summed E-state index contributed by atoms with van der Waals surface area (Å²) in [5, 5.41) is -1.38. The Bertz CT molecular complexity index is 466. The smallest absolute Gasteiger partial charge is 0.370 e. The summed E-state index contributed by atoms with van der Waals surface area (Å²) in [6.07, 6.45) is -0.0548.